The van der Waals surface area contributed by atoms with E-state index in [9.17, 15) is 8.60 Å². The van der Waals surface area contributed by atoms with Crippen LogP contribution < -0.4 is 0 Å². The third kappa shape index (κ3) is 2.78. The second kappa shape index (κ2) is 5.55. The Balaban J connectivity index is 1.86. The first-order valence-corrected chi connectivity index (χ1v) is 7.66. The molecule has 3 aromatic rings. The van der Waals surface area contributed by atoms with Crippen molar-refractivity contribution in [3.63, 3.8) is 0 Å². The van der Waals surface area contributed by atoms with E-state index in [1.54, 1.807) is 12.1 Å². The van der Waals surface area contributed by atoms with Gasteiger partial charge in [0.25, 0.3) is 0 Å². The monoisotopic (exact) mass is 284 g/mol. The van der Waals surface area contributed by atoms with Gasteiger partial charge in [0.2, 0.25) is 0 Å². The molecule has 100 valence electrons. The molecule has 3 heteroatoms. The van der Waals surface area contributed by atoms with Crippen molar-refractivity contribution in [2.24, 2.45) is 0 Å². The zero-order valence-corrected chi connectivity index (χ0v) is 11.6. The smallest absolute Gasteiger partial charge is 0.123 e. The molecule has 0 aromatic heterocycles. The van der Waals surface area contributed by atoms with Crippen molar-refractivity contribution in [2.45, 2.75) is 10.6 Å². The molecule has 3 rings (SSSR count). The largest absolute Gasteiger partial charge is 0.254 e. The van der Waals surface area contributed by atoms with Crippen LogP contribution in [0.1, 0.15) is 5.56 Å². The SMILES string of the molecule is O=S(Cc1ccc(F)cc1)c1ccc2ccccc2c1. The molecule has 0 aliphatic heterocycles. The summed E-state index contributed by atoms with van der Waals surface area (Å²) in [6.45, 7) is 0. The van der Waals surface area contributed by atoms with E-state index in [1.165, 1.54) is 12.1 Å². The summed E-state index contributed by atoms with van der Waals surface area (Å²) in [4.78, 5) is 0.799. The zero-order valence-electron chi connectivity index (χ0n) is 10.8. The van der Waals surface area contributed by atoms with E-state index in [-0.39, 0.29) is 5.82 Å². The van der Waals surface area contributed by atoms with Gasteiger partial charge in [-0.15, -0.1) is 0 Å². The fourth-order valence-corrected chi connectivity index (χ4v) is 3.26. The van der Waals surface area contributed by atoms with E-state index in [0.717, 1.165) is 21.2 Å². The van der Waals surface area contributed by atoms with Crippen molar-refractivity contribution >= 4 is 21.6 Å². The van der Waals surface area contributed by atoms with Crippen LogP contribution in [-0.4, -0.2) is 4.21 Å². The first-order valence-electron chi connectivity index (χ1n) is 6.34. The van der Waals surface area contributed by atoms with Crippen LogP contribution in [-0.2, 0) is 16.6 Å². The number of halogens is 1. The normalized spacial score (nSPS) is 12.4. The van der Waals surface area contributed by atoms with E-state index < -0.39 is 10.8 Å². The highest BCUT2D eigenvalue weighted by Crippen LogP contribution is 2.19. The van der Waals surface area contributed by atoms with Gasteiger partial charge in [-0.3, -0.25) is 4.21 Å². The molecule has 1 atom stereocenters. The third-order valence-electron chi connectivity index (χ3n) is 3.19. The lowest BCUT2D eigenvalue weighted by Gasteiger charge is -2.05. The summed E-state index contributed by atoms with van der Waals surface area (Å²) < 4.78 is 25.2. The van der Waals surface area contributed by atoms with Crippen LogP contribution in [0, 0.1) is 5.82 Å². The minimum atomic E-state index is -1.12. The van der Waals surface area contributed by atoms with Crippen LogP contribution in [0.15, 0.2) is 71.6 Å². The molecule has 1 unspecified atom stereocenters. The molecule has 0 fully saturated rings. The molecule has 0 bridgehead atoms. The molecule has 0 aliphatic rings. The van der Waals surface area contributed by atoms with E-state index in [0.29, 0.717) is 5.75 Å². The summed E-state index contributed by atoms with van der Waals surface area (Å²) in [5.41, 5.74) is 0.873. The summed E-state index contributed by atoms with van der Waals surface area (Å²) in [6.07, 6.45) is 0. The van der Waals surface area contributed by atoms with Gasteiger partial charge < -0.3 is 0 Å². The zero-order chi connectivity index (χ0) is 13.9. The Kier molecular flexibility index (Phi) is 3.61. The Labute approximate surface area is 119 Å². The number of hydrogen-bond donors (Lipinski definition) is 0. The van der Waals surface area contributed by atoms with E-state index in [1.807, 2.05) is 42.5 Å². The first-order chi connectivity index (χ1) is 9.72. The summed E-state index contributed by atoms with van der Waals surface area (Å²) in [5, 5.41) is 2.22. The van der Waals surface area contributed by atoms with Gasteiger partial charge in [0, 0.05) is 4.90 Å². The maximum absolute atomic E-state index is 12.8. The number of fused-ring (bicyclic) bond motifs is 1. The molecule has 0 heterocycles. The lowest BCUT2D eigenvalue weighted by Crippen LogP contribution is -1.96. The summed E-state index contributed by atoms with van der Waals surface area (Å²) >= 11 is 0. The topological polar surface area (TPSA) is 17.1 Å². The van der Waals surface area contributed by atoms with Gasteiger partial charge in [-0.2, -0.15) is 0 Å². The van der Waals surface area contributed by atoms with Crippen LogP contribution in [0.4, 0.5) is 4.39 Å². The molecular formula is C17H13FOS. The van der Waals surface area contributed by atoms with Crippen molar-refractivity contribution in [1.29, 1.82) is 0 Å². The molecule has 0 saturated heterocycles. The Hall–Kier alpha value is -2.00. The minimum Gasteiger partial charge on any atom is -0.254 e. The molecule has 1 nitrogen and oxygen atoms in total. The summed E-state index contributed by atoms with van der Waals surface area (Å²) in [6, 6.07) is 20.0. The van der Waals surface area contributed by atoms with Gasteiger partial charge in [-0.25, -0.2) is 4.39 Å². The first kappa shape index (κ1) is 13.0. The molecule has 0 amide bonds. The average Bonchev–Trinajstić information content (AvgIpc) is 2.49. The van der Waals surface area contributed by atoms with Gasteiger partial charge in [0.05, 0.1) is 16.6 Å². The van der Waals surface area contributed by atoms with Crippen molar-refractivity contribution in [1.82, 2.24) is 0 Å². The second-order valence-electron chi connectivity index (χ2n) is 4.63. The molecule has 0 saturated carbocycles. The second-order valence-corrected chi connectivity index (χ2v) is 6.08. The van der Waals surface area contributed by atoms with Gasteiger partial charge in [-0.1, -0.05) is 42.5 Å². The standard InChI is InChI=1S/C17H13FOS/c18-16-8-5-13(6-9-16)12-20(19)17-10-7-14-3-1-2-4-15(14)11-17/h1-11H,12H2. The predicted molar refractivity (Wildman–Crippen MR) is 80.5 cm³/mol. The van der Waals surface area contributed by atoms with Crippen LogP contribution in [0.2, 0.25) is 0 Å². The highest BCUT2D eigenvalue weighted by Gasteiger charge is 2.06. The van der Waals surface area contributed by atoms with Gasteiger partial charge >= 0.3 is 0 Å². The molecule has 3 aromatic carbocycles. The Morgan fingerprint density at radius 3 is 2.30 bits per heavy atom. The highest BCUT2D eigenvalue weighted by atomic mass is 32.2. The summed E-state index contributed by atoms with van der Waals surface area (Å²) in [5.74, 6) is 0.128. The van der Waals surface area contributed by atoms with Crippen molar-refractivity contribution < 1.29 is 8.60 Å². The molecule has 0 spiro atoms. The van der Waals surface area contributed by atoms with E-state index in [2.05, 4.69) is 0 Å². The van der Waals surface area contributed by atoms with Crippen LogP contribution in [0.3, 0.4) is 0 Å². The fraction of sp³-hybridized carbons (Fsp3) is 0.0588. The van der Waals surface area contributed by atoms with Crippen LogP contribution >= 0.6 is 0 Å². The molecular weight excluding hydrogens is 271 g/mol. The van der Waals surface area contributed by atoms with Crippen molar-refractivity contribution in [2.75, 3.05) is 0 Å². The molecule has 20 heavy (non-hydrogen) atoms. The minimum absolute atomic E-state index is 0.273. The van der Waals surface area contributed by atoms with Crippen molar-refractivity contribution in [3.05, 3.63) is 78.1 Å². The number of benzene rings is 3. The molecule has 0 aliphatic carbocycles. The molecule has 0 N–H and O–H groups in total. The Bertz CT molecular complexity index is 765. The predicted octanol–water partition coefficient (Wildman–Crippen LogP) is 4.29. The average molecular weight is 284 g/mol. The lowest BCUT2D eigenvalue weighted by atomic mass is 10.1. The fourth-order valence-electron chi connectivity index (χ4n) is 2.12. The van der Waals surface area contributed by atoms with Crippen molar-refractivity contribution in [3.8, 4) is 0 Å². The maximum Gasteiger partial charge on any atom is 0.123 e. The van der Waals surface area contributed by atoms with Gasteiger partial charge in [-0.05, 0) is 40.6 Å². The Morgan fingerprint density at radius 1 is 0.850 bits per heavy atom. The summed E-state index contributed by atoms with van der Waals surface area (Å²) in [7, 11) is -1.12. The van der Waals surface area contributed by atoms with Crippen LogP contribution in [0.25, 0.3) is 10.8 Å². The molecule has 0 radical (unpaired) electrons. The van der Waals surface area contributed by atoms with Gasteiger partial charge in [0.1, 0.15) is 5.82 Å². The Morgan fingerprint density at radius 2 is 1.55 bits per heavy atom. The van der Waals surface area contributed by atoms with E-state index in [4.69, 9.17) is 0 Å². The third-order valence-corrected chi connectivity index (χ3v) is 4.57. The highest BCUT2D eigenvalue weighted by molar-refractivity contribution is 7.84. The maximum atomic E-state index is 12.8. The quantitative estimate of drug-likeness (QED) is 0.701. The number of hydrogen-bond acceptors (Lipinski definition) is 1. The van der Waals surface area contributed by atoms with Crippen LogP contribution in [0.5, 0.6) is 0 Å². The number of rotatable bonds is 3. The van der Waals surface area contributed by atoms with Gasteiger partial charge in [0.15, 0.2) is 0 Å². The van der Waals surface area contributed by atoms with E-state index >= 15 is 0 Å². The lowest BCUT2D eigenvalue weighted by molar-refractivity contribution is 0.627.